The number of hydrogen-bond donors (Lipinski definition) is 2. The number of methoxy groups -OCH3 is 2. The first-order chi connectivity index (χ1) is 10.2. The monoisotopic (exact) mass is 288 g/mol. The molecule has 2 N–H and O–H groups in total. The van der Waals surface area contributed by atoms with Gasteiger partial charge in [0.25, 0.3) is 0 Å². The molecule has 0 fully saturated rings. The van der Waals surface area contributed by atoms with E-state index in [-0.39, 0.29) is 0 Å². The summed E-state index contributed by atoms with van der Waals surface area (Å²) in [5, 5.41) is 6.37. The van der Waals surface area contributed by atoms with Crippen molar-refractivity contribution < 1.29 is 9.47 Å². The standard InChI is InChI=1S/C15H20N4O2/c1-5-11-14(16-2)17-9-18-15(11)19-12-8-10(20-3)6-7-13(12)21-4/h6-9H,5H2,1-4H3,(H2,16,17,18,19). The van der Waals surface area contributed by atoms with E-state index in [1.165, 1.54) is 6.33 Å². The molecule has 1 aromatic carbocycles. The van der Waals surface area contributed by atoms with Crippen molar-refractivity contribution >= 4 is 17.3 Å². The van der Waals surface area contributed by atoms with E-state index in [0.29, 0.717) is 0 Å². The van der Waals surface area contributed by atoms with Gasteiger partial charge in [-0.25, -0.2) is 9.97 Å². The minimum atomic E-state index is 0.725. The molecule has 0 amide bonds. The molecule has 0 saturated carbocycles. The SMILES string of the molecule is CCc1c(NC)ncnc1Nc1cc(OC)ccc1OC. The Morgan fingerprint density at radius 1 is 1.10 bits per heavy atom. The Labute approximate surface area is 124 Å². The van der Waals surface area contributed by atoms with Crippen molar-refractivity contribution in [3.8, 4) is 11.5 Å². The lowest BCUT2D eigenvalue weighted by atomic mass is 10.2. The molecule has 0 saturated heterocycles. The zero-order valence-corrected chi connectivity index (χ0v) is 12.7. The van der Waals surface area contributed by atoms with E-state index < -0.39 is 0 Å². The largest absolute Gasteiger partial charge is 0.497 e. The molecular weight excluding hydrogens is 268 g/mol. The third-order valence-electron chi connectivity index (χ3n) is 3.20. The van der Waals surface area contributed by atoms with E-state index in [4.69, 9.17) is 9.47 Å². The van der Waals surface area contributed by atoms with Crippen LogP contribution in [0.3, 0.4) is 0 Å². The normalized spacial score (nSPS) is 10.1. The summed E-state index contributed by atoms with van der Waals surface area (Å²) in [4.78, 5) is 8.55. The molecule has 0 bridgehead atoms. The third-order valence-corrected chi connectivity index (χ3v) is 3.20. The van der Waals surface area contributed by atoms with Gasteiger partial charge in [0.15, 0.2) is 0 Å². The Morgan fingerprint density at radius 2 is 1.86 bits per heavy atom. The van der Waals surface area contributed by atoms with Crippen molar-refractivity contribution in [2.45, 2.75) is 13.3 Å². The molecule has 0 aliphatic rings. The van der Waals surface area contributed by atoms with Gasteiger partial charge < -0.3 is 20.1 Å². The molecule has 0 aliphatic heterocycles. The van der Waals surface area contributed by atoms with Gasteiger partial charge in [-0.1, -0.05) is 6.92 Å². The van der Waals surface area contributed by atoms with Gasteiger partial charge in [-0.15, -0.1) is 0 Å². The van der Waals surface area contributed by atoms with E-state index in [1.807, 2.05) is 25.2 Å². The Hall–Kier alpha value is -2.50. The predicted octanol–water partition coefficient (Wildman–Crippen LogP) is 2.84. The summed E-state index contributed by atoms with van der Waals surface area (Å²) in [6.45, 7) is 2.06. The van der Waals surface area contributed by atoms with Crippen molar-refractivity contribution in [3.63, 3.8) is 0 Å². The number of hydrogen-bond acceptors (Lipinski definition) is 6. The quantitative estimate of drug-likeness (QED) is 0.852. The van der Waals surface area contributed by atoms with Gasteiger partial charge in [0.2, 0.25) is 0 Å². The second-order valence-electron chi connectivity index (χ2n) is 4.34. The fourth-order valence-corrected chi connectivity index (χ4v) is 2.11. The Balaban J connectivity index is 2.42. The molecule has 1 aromatic heterocycles. The average Bonchev–Trinajstić information content (AvgIpc) is 2.54. The lowest BCUT2D eigenvalue weighted by Crippen LogP contribution is -2.05. The van der Waals surface area contributed by atoms with Gasteiger partial charge >= 0.3 is 0 Å². The van der Waals surface area contributed by atoms with Crippen LogP contribution in [0.1, 0.15) is 12.5 Å². The molecule has 2 rings (SSSR count). The van der Waals surface area contributed by atoms with Crippen LogP contribution in [-0.4, -0.2) is 31.2 Å². The van der Waals surface area contributed by atoms with Crippen LogP contribution in [0.25, 0.3) is 0 Å². The van der Waals surface area contributed by atoms with E-state index in [2.05, 4.69) is 27.5 Å². The molecule has 6 heteroatoms. The Kier molecular flexibility index (Phi) is 4.81. The first-order valence-corrected chi connectivity index (χ1v) is 6.74. The minimum Gasteiger partial charge on any atom is -0.497 e. The van der Waals surface area contributed by atoms with Gasteiger partial charge in [0.1, 0.15) is 29.5 Å². The third kappa shape index (κ3) is 3.16. The first-order valence-electron chi connectivity index (χ1n) is 6.74. The van der Waals surface area contributed by atoms with Crippen molar-refractivity contribution in [2.75, 3.05) is 31.9 Å². The Morgan fingerprint density at radius 3 is 2.48 bits per heavy atom. The molecular formula is C15H20N4O2. The van der Waals surface area contributed by atoms with Gasteiger partial charge in [0, 0.05) is 18.7 Å². The minimum absolute atomic E-state index is 0.725. The fourth-order valence-electron chi connectivity index (χ4n) is 2.11. The molecule has 0 radical (unpaired) electrons. The molecule has 0 atom stereocenters. The zero-order valence-electron chi connectivity index (χ0n) is 12.7. The van der Waals surface area contributed by atoms with Crippen LogP contribution in [0.4, 0.5) is 17.3 Å². The van der Waals surface area contributed by atoms with Gasteiger partial charge in [-0.2, -0.15) is 0 Å². The van der Waals surface area contributed by atoms with Crippen LogP contribution in [0.5, 0.6) is 11.5 Å². The molecule has 21 heavy (non-hydrogen) atoms. The van der Waals surface area contributed by atoms with E-state index in [9.17, 15) is 0 Å². The van der Waals surface area contributed by atoms with Crippen LogP contribution in [0.15, 0.2) is 24.5 Å². The number of ether oxygens (including phenoxy) is 2. The molecule has 0 spiro atoms. The summed E-state index contributed by atoms with van der Waals surface area (Å²) >= 11 is 0. The summed E-state index contributed by atoms with van der Waals surface area (Å²) in [6.07, 6.45) is 2.34. The van der Waals surface area contributed by atoms with Gasteiger partial charge in [-0.05, 0) is 18.6 Å². The molecule has 112 valence electrons. The number of benzene rings is 1. The average molecular weight is 288 g/mol. The van der Waals surface area contributed by atoms with Crippen LogP contribution in [0, 0.1) is 0 Å². The maximum Gasteiger partial charge on any atom is 0.142 e. The van der Waals surface area contributed by atoms with E-state index in [1.54, 1.807) is 14.2 Å². The van der Waals surface area contributed by atoms with E-state index >= 15 is 0 Å². The van der Waals surface area contributed by atoms with Gasteiger partial charge in [0.05, 0.1) is 19.9 Å². The van der Waals surface area contributed by atoms with Gasteiger partial charge in [-0.3, -0.25) is 0 Å². The van der Waals surface area contributed by atoms with Crippen molar-refractivity contribution in [2.24, 2.45) is 0 Å². The van der Waals surface area contributed by atoms with Crippen LogP contribution < -0.4 is 20.1 Å². The van der Waals surface area contributed by atoms with Crippen LogP contribution in [-0.2, 0) is 6.42 Å². The summed E-state index contributed by atoms with van der Waals surface area (Å²) < 4.78 is 10.6. The molecule has 6 nitrogen and oxygen atoms in total. The molecule has 0 unspecified atom stereocenters. The highest BCUT2D eigenvalue weighted by molar-refractivity contribution is 5.70. The topological polar surface area (TPSA) is 68.3 Å². The number of nitrogens with zero attached hydrogens (tertiary/aromatic N) is 2. The number of nitrogens with one attached hydrogen (secondary N) is 2. The van der Waals surface area contributed by atoms with E-state index in [0.717, 1.165) is 40.8 Å². The number of anilines is 3. The number of aromatic nitrogens is 2. The second-order valence-corrected chi connectivity index (χ2v) is 4.34. The number of rotatable bonds is 6. The van der Waals surface area contributed by atoms with Crippen molar-refractivity contribution in [1.82, 2.24) is 9.97 Å². The molecule has 1 heterocycles. The summed E-state index contributed by atoms with van der Waals surface area (Å²) in [5.74, 6) is 3.04. The lowest BCUT2D eigenvalue weighted by molar-refractivity contribution is 0.405. The smallest absolute Gasteiger partial charge is 0.142 e. The zero-order chi connectivity index (χ0) is 15.2. The molecule has 2 aromatic rings. The summed E-state index contributed by atoms with van der Waals surface area (Å²) in [5.41, 5.74) is 1.82. The summed E-state index contributed by atoms with van der Waals surface area (Å²) in [7, 11) is 5.11. The summed E-state index contributed by atoms with van der Waals surface area (Å²) in [6, 6.07) is 5.58. The lowest BCUT2D eigenvalue weighted by Gasteiger charge is -2.15. The van der Waals surface area contributed by atoms with Crippen molar-refractivity contribution in [1.29, 1.82) is 0 Å². The Bertz CT molecular complexity index is 617. The highest BCUT2D eigenvalue weighted by atomic mass is 16.5. The highest BCUT2D eigenvalue weighted by Crippen LogP contribution is 2.32. The molecule has 0 aliphatic carbocycles. The highest BCUT2D eigenvalue weighted by Gasteiger charge is 2.12. The first kappa shape index (κ1) is 14.9. The fraction of sp³-hybridized carbons (Fsp3) is 0.333. The maximum atomic E-state index is 5.37. The predicted molar refractivity (Wildman–Crippen MR) is 83.8 cm³/mol. The van der Waals surface area contributed by atoms with Crippen molar-refractivity contribution in [3.05, 3.63) is 30.1 Å². The maximum absolute atomic E-state index is 5.37. The van der Waals surface area contributed by atoms with Crippen LogP contribution in [0.2, 0.25) is 0 Å². The van der Waals surface area contributed by atoms with Crippen LogP contribution >= 0.6 is 0 Å². The second kappa shape index (κ2) is 6.78.